The lowest BCUT2D eigenvalue weighted by molar-refractivity contribution is 0.699. The van der Waals surface area contributed by atoms with E-state index in [1.165, 1.54) is 38.7 Å². The molecule has 58 heavy (non-hydrogen) atoms. The van der Waals surface area contributed by atoms with Crippen molar-refractivity contribution in [1.82, 2.24) is 4.57 Å². The number of anilines is 5. The van der Waals surface area contributed by atoms with Gasteiger partial charge in [0.15, 0.2) is 0 Å². The molecule has 0 saturated heterocycles. The Bertz CT molecular complexity index is 2870. The number of nitrogens with zero attached hydrogens (tertiary/aromatic N) is 3. The molecule has 0 aliphatic heterocycles. The molecule has 0 radical (unpaired) electrons. The van der Waals surface area contributed by atoms with E-state index in [2.05, 4.69) is 246 Å². The second-order valence-corrected chi connectivity index (χ2v) is 15.1. The van der Waals surface area contributed by atoms with Crippen molar-refractivity contribution in [2.45, 2.75) is 13.3 Å². The summed E-state index contributed by atoms with van der Waals surface area (Å²) in [6.45, 7) is 2.34. The van der Waals surface area contributed by atoms with Gasteiger partial charge < -0.3 is 14.4 Å². The van der Waals surface area contributed by atoms with Gasteiger partial charge in [0.2, 0.25) is 0 Å². The minimum atomic E-state index is 0.340. The Hall–Kier alpha value is -7.36. The van der Waals surface area contributed by atoms with E-state index in [0.29, 0.717) is 5.92 Å². The third-order valence-electron chi connectivity index (χ3n) is 11.2. The number of allylic oxidation sites excluding steroid dienone is 4. The monoisotopic (exact) mass is 745 g/mol. The maximum absolute atomic E-state index is 2.53. The number of benzene rings is 8. The summed E-state index contributed by atoms with van der Waals surface area (Å²) in [5.74, 6) is 0.340. The largest absolute Gasteiger partial charge is 0.313 e. The molecule has 9 aromatic rings. The molecule has 278 valence electrons. The summed E-state index contributed by atoms with van der Waals surface area (Å²) in [6.07, 6.45) is 5.73. The topological polar surface area (TPSA) is 11.4 Å². The fraction of sp³-hybridized carbons (Fsp3) is 0.0545. The quantitative estimate of drug-likeness (QED) is 0.146. The lowest BCUT2D eigenvalue weighted by Crippen LogP contribution is -2.21. The van der Waals surface area contributed by atoms with Crippen LogP contribution in [0.15, 0.2) is 230 Å². The van der Waals surface area contributed by atoms with Crippen molar-refractivity contribution in [2.24, 2.45) is 5.92 Å². The van der Waals surface area contributed by atoms with Crippen LogP contribution in [-0.4, -0.2) is 4.57 Å². The summed E-state index contributed by atoms with van der Waals surface area (Å²) in [7, 11) is 0. The van der Waals surface area contributed by atoms with Crippen LogP contribution < -0.4 is 9.80 Å². The SMILES string of the molecule is CC1C=C(c2ccccc2)C=C(N(c2ccccc2)c2cc(N(c3ccccc3)c3ccccc3)cc3c2c2ccccc2n3-c2cccc(-c3ccccc3)c2)C1. The van der Waals surface area contributed by atoms with Crippen LogP contribution in [0.1, 0.15) is 18.9 Å². The zero-order chi connectivity index (χ0) is 38.8. The van der Waals surface area contributed by atoms with E-state index >= 15 is 0 Å². The normalized spacial score (nSPS) is 13.9. The highest BCUT2D eigenvalue weighted by Crippen LogP contribution is 2.48. The Kier molecular flexibility index (Phi) is 9.25. The van der Waals surface area contributed by atoms with E-state index in [4.69, 9.17) is 0 Å². The van der Waals surface area contributed by atoms with E-state index in [9.17, 15) is 0 Å². The van der Waals surface area contributed by atoms with E-state index in [-0.39, 0.29) is 0 Å². The Morgan fingerprint density at radius 1 is 0.448 bits per heavy atom. The summed E-state index contributed by atoms with van der Waals surface area (Å²) in [5, 5.41) is 2.41. The van der Waals surface area contributed by atoms with Crippen molar-refractivity contribution in [2.75, 3.05) is 9.80 Å². The standard InChI is InChI=1S/C55H43N3/c1-40-34-44(42-22-9-3-10-23-42)37-49(35-40)57(47-29-15-6-16-30-47)53-38-50(56(45-25-11-4-12-26-45)46-27-13-5-14-28-46)39-54-55(53)51-32-17-18-33-52(51)58(54)48-31-19-24-43(36-48)41-20-7-2-8-21-41/h2-34,36-40H,35H2,1H3. The first kappa shape index (κ1) is 35.1. The van der Waals surface area contributed by atoms with Gasteiger partial charge in [-0.3, -0.25) is 0 Å². The fourth-order valence-corrected chi connectivity index (χ4v) is 8.68. The van der Waals surface area contributed by atoms with E-state index in [1.54, 1.807) is 0 Å². The smallest absolute Gasteiger partial charge is 0.0583 e. The van der Waals surface area contributed by atoms with Gasteiger partial charge >= 0.3 is 0 Å². The summed E-state index contributed by atoms with van der Waals surface area (Å²) in [6, 6.07) is 76.6. The van der Waals surface area contributed by atoms with Crippen LogP contribution in [0.2, 0.25) is 0 Å². The van der Waals surface area contributed by atoms with Gasteiger partial charge in [-0.05, 0) is 107 Å². The van der Waals surface area contributed by atoms with Gasteiger partial charge in [-0.15, -0.1) is 0 Å². The number of fused-ring (bicyclic) bond motifs is 3. The molecule has 3 nitrogen and oxygen atoms in total. The van der Waals surface area contributed by atoms with Crippen molar-refractivity contribution >= 4 is 55.8 Å². The van der Waals surface area contributed by atoms with E-state index in [1.807, 2.05) is 0 Å². The molecule has 8 aromatic carbocycles. The zero-order valence-electron chi connectivity index (χ0n) is 32.5. The number of hydrogen-bond donors (Lipinski definition) is 0. The molecule has 1 aliphatic rings. The predicted octanol–water partition coefficient (Wildman–Crippen LogP) is 15.1. The molecule has 0 spiro atoms. The number of rotatable bonds is 9. The molecule has 1 aromatic heterocycles. The van der Waals surface area contributed by atoms with Crippen molar-refractivity contribution in [3.8, 4) is 16.8 Å². The van der Waals surface area contributed by atoms with Gasteiger partial charge in [0.25, 0.3) is 0 Å². The molecule has 1 unspecified atom stereocenters. The molecule has 0 N–H and O–H groups in total. The highest BCUT2D eigenvalue weighted by Gasteiger charge is 2.27. The molecule has 0 amide bonds. The second-order valence-electron chi connectivity index (χ2n) is 15.1. The maximum Gasteiger partial charge on any atom is 0.0583 e. The second kappa shape index (κ2) is 15.3. The van der Waals surface area contributed by atoms with Gasteiger partial charge in [-0.25, -0.2) is 0 Å². The van der Waals surface area contributed by atoms with Gasteiger partial charge in [-0.1, -0.05) is 159 Å². The Balaban J connectivity index is 1.31. The maximum atomic E-state index is 2.53. The highest BCUT2D eigenvalue weighted by molar-refractivity contribution is 6.17. The molecule has 1 atom stereocenters. The van der Waals surface area contributed by atoms with Crippen molar-refractivity contribution in [3.63, 3.8) is 0 Å². The molecule has 10 rings (SSSR count). The fourth-order valence-electron chi connectivity index (χ4n) is 8.68. The average molecular weight is 746 g/mol. The Morgan fingerprint density at radius 2 is 0.983 bits per heavy atom. The van der Waals surface area contributed by atoms with Crippen molar-refractivity contribution < 1.29 is 0 Å². The zero-order valence-corrected chi connectivity index (χ0v) is 32.5. The third kappa shape index (κ3) is 6.57. The minimum absolute atomic E-state index is 0.340. The lowest BCUT2D eigenvalue weighted by atomic mass is 9.90. The van der Waals surface area contributed by atoms with E-state index in [0.717, 1.165) is 51.6 Å². The van der Waals surface area contributed by atoms with Gasteiger partial charge in [0.05, 0.1) is 22.4 Å². The van der Waals surface area contributed by atoms with Gasteiger partial charge in [0, 0.05) is 39.2 Å². The number of hydrogen-bond acceptors (Lipinski definition) is 2. The molecule has 1 aliphatic carbocycles. The summed E-state index contributed by atoms with van der Waals surface area (Å²) in [5.41, 5.74) is 15.1. The molecule has 0 fully saturated rings. The molecular weight excluding hydrogens is 703 g/mol. The highest BCUT2D eigenvalue weighted by atomic mass is 15.2. The van der Waals surface area contributed by atoms with Crippen LogP contribution in [0, 0.1) is 5.92 Å². The minimum Gasteiger partial charge on any atom is -0.313 e. The van der Waals surface area contributed by atoms with Crippen molar-refractivity contribution in [1.29, 1.82) is 0 Å². The molecule has 0 saturated carbocycles. The van der Waals surface area contributed by atoms with Gasteiger partial charge in [0.1, 0.15) is 0 Å². The van der Waals surface area contributed by atoms with Crippen LogP contribution in [0.5, 0.6) is 0 Å². The predicted molar refractivity (Wildman–Crippen MR) is 246 cm³/mol. The Morgan fingerprint density at radius 3 is 1.62 bits per heavy atom. The number of para-hydroxylation sites is 4. The van der Waals surface area contributed by atoms with Crippen LogP contribution in [0.3, 0.4) is 0 Å². The molecular formula is C55H43N3. The lowest BCUT2D eigenvalue weighted by Gasteiger charge is -2.34. The first-order valence-corrected chi connectivity index (χ1v) is 20.2. The van der Waals surface area contributed by atoms with Crippen LogP contribution in [0.4, 0.5) is 28.4 Å². The average Bonchev–Trinajstić information content (AvgIpc) is 3.62. The third-order valence-corrected chi connectivity index (χ3v) is 11.2. The van der Waals surface area contributed by atoms with Crippen LogP contribution in [-0.2, 0) is 0 Å². The summed E-state index contributed by atoms with van der Waals surface area (Å²) in [4.78, 5) is 4.92. The van der Waals surface area contributed by atoms with Crippen LogP contribution >= 0.6 is 0 Å². The first-order chi connectivity index (χ1) is 28.7. The summed E-state index contributed by atoms with van der Waals surface area (Å²) >= 11 is 0. The molecule has 3 heteroatoms. The van der Waals surface area contributed by atoms with E-state index < -0.39 is 0 Å². The molecule has 0 bridgehead atoms. The summed E-state index contributed by atoms with van der Waals surface area (Å²) < 4.78 is 2.47. The first-order valence-electron chi connectivity index (χ1n) is 20.2. The van der Waals surface area contributed by atoms with Crippen LogP contribution in [0.25, 0.3) is 44.2 Å². The Labute approximate surface area is 340 Å². The molecule has 1 heterocycles. The van der Waals surface area contributed by atoms with Gasteiger partial charge in [-0.2, -0.15) is 0 Å². The number of aromatic nitrogens is 1. The van der Waals surface area contributed by atoms with Crippen molar-refractivity contribution in [3.05, 3.63) is 236 Å².